The Balaban J connectivity index is 4.00. The van der Waals surface area contributed by atoms with E-state index in [-0.39, 0.29) is 19.4 Å². The van der Waals surface area contributed by atoms with Crippen molar-refractivity contribution >= 4 is 19.8 Å². The van der Waals surface area contributed by atoms with Crippen LogP contribution in [0.15, 0.2) is 60.8 Å². The Bertz CT molecular complexity index is 1030. The maximum atomic E-state index is 12.4. The quantitative estimate of drug-likeness (QED) is 0.0279. The van der Waals surface area contributed by atoms with Crippen molar-refractivity contribution in [1.82, 2.24) is 0 Å². The van der Waals surface area contributed by atoms with Crippen LogP contribution in [0.25, 0.3) is 0 Å². The van der Waals surface area contributed by atoms with E-state index in [0.717, 1.165) is 70.6 Å². The smallest absolute Gasteiger partial charge is 0.462 e. The Hall–Kier alpha value is -2.25. The summed E-state index contributed by atoms with van der Waals surface area (Å²) in [6.07, 6.45) is 47.9. The van der Waals surface area contributed by atoms with Gasteiger partial charge in [-0.25, -0.2) is 4.57 Å². The van der Waals surface area contributed by atoms with Crippen molar-refractivity contribution in [2.24, 2.45) is 0 Å². The summed E-state index contributed by atoms with van der Waals surface area (Å²) in [6.45, 7) is 3.54. The summed E-state index contributed by atoms with van der Waals surface area (Å²) < 4.78 is 26.3. The molecule has 0 fully saturated rings. The number of hydrogen-bond acceptors (Lipinski definition) is 6. The van der Waals surface area contributed by atoms with Crippen molar-refractivity contribution in [2.45, 2.75) is 187 Å². The van der Waals surface area contributed by atoms with E-state index in [1.54, 1.807) is 0 Å². The number of hydrogen-bond donors (Lipinski definition) is 2. The van der Waals surface area contributed by atoms with Crippen LogP contribution in [-0.4, -0.2) is 41.0 Å². The average molecular weight is 751 g/mol. The first kappa shape index (κ1) is 49.8. The molecular formula is C43H75O8P. The van der Waals surface area contributed by atoms with Gasteiger partial charge in [-0.3, -0.25) is 14.1 Å². The molecule has 0 aromatic heterocycles. The molecular weight excluding hydrogens is 675 g/mol. The van der Waals surface area contributed by atoms with E-state index >= 15 is 0 Å². The summed E-state index contributed by atoms with van der Waals surface area (Å²) in [6, 6.07) is 0. The third-order valence-corrected chi connectivity index (χ3v) is 9.04. The van der Waals surface area contributed by atoms with Gasteiger partial charge in [0.1, 0.15) is 6.61 Å². The fourth-order valence-electron chi connectivity index (χ4n) is 5.52. The molecule has 0 heterocycles. The minimum atomic E-state index is -4.76. The van der Waals surface area contributed by atoms with Crippen LogP contribution in [-0.2, 0) is 28.2 Å². The van der Waals surface area contributed by atoms with Gasteiger partial charge in [-0.1, -0.05) is 171 Å². The van der Waals surface area contributed by atoms with Crippen LogP contribution in [0.4, 0.5) is 0 Å². The van der Waals surface area contributed by atoms with Crippen LogP contribution < -0.4 is 0 Å². The third-order valence-electron chi connectivity index (χ3n) is 8.55. The summed E-state index contributed by atoms with van der Waals surface area (Å²) in [5, 5.41) is 0. The van der Waals surface area contributed by atoms with Crippen molar-refractivity contribution in [2.75, 3.05) is 13.2 Å². The van der Waals surface area contributed by atoms with Crippen molar-refractivity contribution < 1.29 is 37.9 Å². The minimum Gasteiger partial charge on any atom is -0.462 e. The highest BCUT2D eigenvalue weighted by Gasteiger charge is 2.22. The van der Waals surface area contributed by atoms with Gasteiger partial charge in [0.05, 0.1) is 6.61 Å². The molecule has 0 spiro atoms. The van der Waals surface area contributed by atoms with E-state index in [9.17, 15) is 14.2 Å². The fourth-order valence-corrected chi connectivity index (χ4v) is 5.88. The summed E-state index contributed by atoms with van der Waals surface area (Å²) >= 11 is 0. The molecule has 0 aliphatic rings. The van der Waals surface area contributed by atoms with E-state index in [1.165, 1.54) is 70.6 Å². The van der Waals surface area contributed by atoms with Crippen molar-refractivity contribution in [3.8, 4) is 0 Å². The molecule has 1 atom stereocenters. The molecule has 2 N–H and O–H groups in total. The summed E-state index contributed by atoms with van der Waals surface area (Å²) in [7, 11) is -4.76. The number of rotatable bonds is 37. The Kier molecular flexibility index (Phi) is 36.8. The second kappa shape index (κ2) is 38.5. The Morgan fingerprint density at radius 3 is 1.38 bits per heavy atom. The number of allylic oxidation sites excluding steroid dienone is 10. The molecule has 0 aromatic carbocycles. The Labute approximate surface area is 317 Å². The summed E-state index contributed by atoms with van der Waals surface area (Å²) in [4.78, 5) is 42.8. The molecule has 0 radical (unpaired) electrons. The predicted octanol–water partition coefficient (Wildman–Crippen LogP) is 12.5. The van der Waals surface area contributed by atoms with Crippen LogP contribution in [0.1, 0.15) is 181 Å². The number of phosphoric acid groups is 1. The lowest BCUT2D eigenvalue weighted by atomic mass is 10.0. The zero-order chi connectivity index (χ0) is 38.2. The molecule has 0 unspecified atom stereocenters. The zero-order valence-corrected chi connectivity index (χ0v) is 33.8. The van der Waals surface area contributed by atoms with Crippen LogP contribution in [0.3, 0.4) is 0 Å². The molecule has 0 amide bonds. The monoisotopic (exact) mass is 751 g/mol. The fraction of sp³-hybridized carbons (Fsp3) is 0.721. The van der Waals surface area contributed by atoms with E-state index in [4.69, 9.17) is 19.3 Å². The number of phosphoric ester groups is 1. The molecule has 0 bridgehead atoms. The largest absolute Gasteiger partial charge is 0.469 e. The Morgan fingerprint density at radius 1 is 0.519 bits per heavy atom. The first-order valence-corrected chi connectivity index (χ1v) is 22.1. The van der Waals surface area contributed by atoms with Crippen LogP contribution in [0.2, 0.25) is 0 Å². The first-order chi connectivity index (χ1) is 25.3. The van der Waals surface area contributed by atoms with E-state index < -0.39 is 32.5 Å². The third kappa shape index (κ3) is 40.5. The first-order valence-electron chi connectivity index (χ1n) is 20.6. The second-order valence-corrected chi connectivity index (χ2v) is 14.8. The highest BCUT2D eigenvalue weighted by Crippen LogP contribution is 2.36. The van der Waals surface area contributed by atoms with Gasteiger partial charge in [0.2, 0.25) is 0 Å². The van der Waals surface area contributed by atoms with Gasteiger partial charge >= 0.3 is 19.8 Å². The van der Waals surface area contributed by atoms with Crippen molar-refractivity contribution in [1.29, 1.82) is 0 Å². The lowest BCUT2D eigenvalue weighted by Gasteiger charge is -2.18. The number of carbonyl (C=O) groups is 2. The van der Waals surface area contributed by atoms with Crippen LogP contribution >= 0.6 is 7.82 Å². The summed E-state index contributed by atoms with van der Waals surface area (Å²) in [5.74, 6) is -0.922. The van der Waals surface area contributed by atoms with Crippen molar-refractivity contribution in [3.05, 3.63) is 60.8 Å². The van der Waals surface area contributed by atoms with Gasteiger partial charge in [-0.2, -0.15) is 0 Å². The van der Waals surface area contributed by atoms with Crippen LogP contribution in [0, 0.1) is 0 Å². The minimum absolute atomic E-state index is 0.205. The molecule has 0 aliphatic heterocycles. The molecule has 300 valence electrons. The average Bonchev–Trinajstić information content (AvgIpc) is 3.11. The normalized spacial score (nSPS) is 13.1. The highest BCUT2D eigenvalue weighted by atomic mass is 31.2. The second-order valence-electron chi connectivity index (χ2n) is 13.6. The lowest BCUT2D eigenvalue weighted by molar-refractivity contribution is -0.161. The van der Waals surface area contributed by atoms with Gasteiger partial charge in [-0.15, -0.1) is 0 Å². The molecule has 0 aromatic rings. The molecule has 0 aliphatic carbocycles. The molecule has 0 saturated heterocycles. The van der Waals surface area contributed by atoms with Crippen LogP contribution in [0.5, 0.6) is 0 Å². The Morgan fingerprint density at radius 2 is 0.923 bits per heavy atom. The summed E-state index contributed by atoms with van der Waals surface area (Å²) in [5.41, 5.74) is 0. The predicted molar refractivity (Wildman–Crippen MR) is 216 cm³/mol. The van der Waals surface area contributed by atoms with Gasteiger partial charge in [0.25, 0.3) is 0 Å². The number of esters is 2. The topological polar surface area (TPSA) is 119 Å². The van der Waals surface area contributed by atoms with Crippen molar-refractivity contribution in [3.63, 3.8) is 0 Å². The molecule has 8 nitrogen and oxygen atoms in total. The molecule has 52 heavy (non-hydrogen) atoms. The molecule has 9 heteroatoms. The van der Waals surface area contributed by atoms with Gasteiger partial charge < -0.3 is 19.3 Å². The number of ether oxygens (including phenoxy) is 2. The van der Waals surface area contributed by atoms with Gasteiger partial charge in [0, 0.05) is 12.8 Å². The van der Waals surface area contributed by atoms with E-state index in [0.29, 0.717) is 12.8 Å². The number of unbranched alkanes of at least 4 members (excludes halogenated alkanes) is 17. The maximum Gasteiger partial charge on any atom is 0.469 e. The lowest BCUT2D eigenvalue weighted by Crippen LogP contribution is -2.29. The van der Waals surface area contributed by atoms with E-state index in [2.05, 4.69) is 79.1 Å². The molecule has 0 rings (SSSR count). The van der Waals surface area contributed by atoms with E-state index in [1.807, 2.05) is 0 Å². The molecule has 0 saturated carbocycles. The standard InChI is InChI=1S/C43H75O8P/c1-3-5-7-9-11-13-15-17-19-20-21-22-24-25-27-29-31-33-35-37-42(44)49-39-41(40-50-52(46,47)48)51-43(45)38-36-34-32-30-28-26-23-18-16-14-12-10-8-6-4-2/h5,7,11,13,17,19,21-22,25,27,41H,3-4,6,8-10,12,14-16,18,20,23-24,26,28-40H2,1-2H3,(H2,46,47,48)/b7-5-,13-11-,19-17-,22-21-,27-25-/t41-/m1/s1. The van der Waals surface area contributed by atoms with Gasteiger partial charge in [-0.05, 0) is 57.8 Å². The SMILES string of the molecule is CC/C=C\C/C=C\C/C=C\C/C=C\C/C=C\CCCCCC(=O)OC[C@H](COP(=O)(O)O)OC(=O)CCCCCCCCCCCCCCCCC. The number of carbonyl (C=O) groups excluding carboxylic acids is 2. The van der Waals surface area contributed by atoms with Gasteiger partial charge in [0.15, 0.2) is 6.10 Å². The highest BCUT2D eigenvalue weighted by molar-refractivity contribution is 7.46. The maximum absolute atomic E-state index is 12.4. The zero-order valence-electron chi connectivity index (χ0n) is 32.9.